The summed E-state index contributed by atoms with van der Waals surface area (Å²) in [7, 11) is 0. The maximum Gasteiger partial charge on any atom is 0.407 e. The van der Waals surface area contributed by atoms with Crippen LogP contribution in [0, 0.1) is 10.1 Å². The number of carbonyl (C=O) groups excluding carboxylic acids is 1. The fourth-order valence-electron chi connectivity index (χ4n) is 2.52. The number of nitrogens with zero attached hydrogens (tertiary/aromatic N) is 3. The zero-order valence-corrected chi connectivity index (χ0v) is 13.6. The number of amides is 1. The lowest BCUT2D eigenvalue weighted by Crippen LogP contribution is -2.42. The molecule has 0 bridgehead atoms. The van der Waals surface area contributed by atoms with E-state index < -0.39 is 16.6 Å². The fourth-order valence-corrected chi connectivity index (χ4v) is 2.52. The highest BCUT2D eigenvalue weighted by Gasteiger charge is 2.27. The Bertz CT molecular complexity index is 568. The molecule has 0 unspecified atom stereocenters. The zero-order valence-electron chi connectivity index (χ0n) is 13.6. The van der Waals surface area contributed by atoms with Crippen LogP contribution in [-0.4, -0.2) is 40.7 Å². The summed E-state index contributed by atoms with van der Waals surface area (Å²) in [5.41, 5.74) is -0.560. The first-order valence-electron chi connectivity index (χ1n) is 7.60. The number of hydrogen-bond donors (Lipinski definition) is 1. The van der Waals surface area contributed by atoms with E-state index in [1.165, 1.54) is 12.3 Å². The quantitative estimate of drug-likeness (QED) is 0.675. The van der Waals surface area contributed by atoms with E-state index >= 15 is 0 Å². The Morgan fingerprint density at radius 2 is 2.26 bits per heavy atom. The van der Waals surface area contributed by atoms with Crippen LogP contribution in [0.1, 0.15) is 33.6 Å². The maximum absolute atomic E-state index is 11.7. The van der Waals surface area contributed by atoms with Crippen molar-refractivity contribution in [2.45, 2.75) is 45.3 Å². The smallest absolute Gasteiger partial charge is 0.407 e. The van der Waals surface area contributed by atoms with Crippen molar-refractivity contribution in [3.05, 3.63) is 28.4 Å². The minimum Gasteiger partial charge on any atom is -0.444 e. The molecule has 2 heterocycles. The van der Waals surface area contributed by atoms with Gasteiger partial charge in [-0.1, -0.05) is 0 Å². The highest BCUT2D eigenvalue weighted by molar-refractivity contribution is 5.67. The molecule has 1 aromatic rings. The molecule has 1 N–H and O–H groups in total. The number of pyridine rings is 1. The number of nitrogens with one attached hydrogen (secondary N) is 1. The lowest BCUT2D eigenvalue weighted by molar-refractivity contribution is -0.385. The van der Waals surface area contributed by atoms with Gasteiger partial charge in [-0.05, 0) is 39.7 Å². The first-order valence-corrected chi connectivity index (χ1v) is 7.60. The Balaban J connectivity index is 1.95. The summed E-state index contributed by atoms with van der Waals surface area (Å²) in [5, 5.41) is 13.5. The van der Waals surface area contributed by atoms with Crippen LogP contribution >= 0.6 is 0 Å². The van der Waals surface area contributed by atoms with Crippen LogP contribution < -0.4 is 10.2 Å². The third-order valence-corrected chi connectivity index (χ3v) is 3.50. The van der Waals surface area contributed by atoms with Crippen molar-refractivity contribution in [2.24, 2.45) is 0 Å². The van der Waals surface area contributed by atoms with E-state index in [-0.39, 0.29) is 11.7 Å². The Hall–Kier alpha value is -2.38. The SMILES string of the molecule is CC(C)(C)OC(=O)NC[C@H]1CCCN1c1ccc([N+](=O)[O-])cn1. The number of rotatable bonds is 4. The monoisotopic (exact) mass is 322 g/mol. The van der Waals surface area contributed by atoms with Gasteiger partial charge in [0.1, 0.15) is 17.6 Å². The van der Waals surface area contributed by atoms with Gasteiger partial charge < -0.3 is 15.0 Å². The van der Waals surface area contributed by atoms with Crippen molar-refractivity contribution in [1.29, 1.82) is 0 Å². The van der Waals surface area contributed by atoms with Gasteiger partial charge in [0.2, 0.25) is 0 Å². The van der Waals surface area contributed by atoms with E-state index in [1.807, 2.05) is 20.8 Å². The Morgan fingerprint density at radius 3 is 2.83 bits per heavy atom. The molecule has 1 aliphatic heterocycles. The number of aromatic nitrogens is 1. The summed E-state index contributed by atoms with van der Waals surface area (Å²) in [6.07, 6.45) is 2.72. The molecular weight excluding hydrogens is 300 g/mol. The Labute approximate surface area is 135 Å². The minimum absolute atomic E-state index is 0.0311. The molecule has 0 aliphatic carbocycles. The van der Waals surface area contributed by atoms with Gasteiger partial charge in [-0.25, -0.2) is 9.78 Å². The van der Waals surface area contributed by atoms with Crippen molar-refractivity contribution in [1.82, 2.24) is 10.3 Å². The molecule has 1 saturated heterocycles. The lowest BCUT2D eigenvalue weighted by Gasteiger charge is -2.26. The third kappa shape index (κ3) is 4.80. The second-order valence-electron chi connectivity index (χ2n) is 6.50. The highest BCUT2D eigenvalue weighted by atomic mass is 16.6. The van der Waals surface area contributed by atoms with Gasteiger partial charge in [0.05, 0.1) is 4.92 Å². The second kappa shape index (κ2) is 6.80. The number of nitro groups is 1. The van der Waals surface area contributed by atoms with Crippen LogP contribution in [0.5, 0.6) is 0 Å². The Kier molecular flexibility index (Phi) is 5.02. The molecule has 1 aliphatic rings. The molecule has 126 valence electrons. The first-order chi connectivity index (χ1) is 10.8. The van der Waals surface area contributed by atoms with Gasteiger partial charge >= 0.3 is 6.09 Å². The molecule has 1 atom stereocenters. The number of hydrogen-bond acceptors (Lipinski definition) is 6. The van der Waals surface area contributed by atoms with E-state index in [0.29, 0.717) is 12.4 Å². The normalized spacial score (nSPS) is 17.9. The van der Waals surface area contributed by atoms with Gasteiger partial charge in [0, 0.05) is 25.2 Å². The van der Waals surface area contributed by atoms with Gasteiger partial charge in [0.15, 0.2) is 0 Å². The van der Waals surface area contributed by atoms with Crippen LogP contribution in [-0.2, 0) is 4.74 Å². The summed E-state index contributed by atoms with van der Waals surface area (Å²) < 4.78 is 5.22. The van der Waals surface area contributed by atoms with E-state index in [2.05, 4.69) is 15.2 Å². The number of alkyl carbamates (subject to hydrolysis) is 1. The molecule has 2 rings (SSSR count). The molecule has 0 spiro atoms. The van der Waals surface area contributed by atoms with Crippen LogP contribution in [0.4, 0.5) is 16.3 Å². The van der Waals surface area contributed by atoms with Crippen LogP contribution in [0.25, 0.3) is 0 Å². The average Bonchev–Trinajstić information content (AvgIpc) is 2.92. The van der Waals surface area contributed by atoms with E-state index in [4.69, 9.17) is 4.74 Å². The predicted molar refractivity (Wildman–Crippen MR) is 85.5 cm³/mol. The molecular formula is C15H22N4O4. The molecule has 1 amide bonds. The summed E-state index contributed by atoms with van der Waals surface area (Å²) in [6, 6.07) is 3.19. The number of ether oxygens (including phenoxy) is 1. The van der Waals surface area contributed by atoms with Gasteiger partial charge in [0.25, 0.3) is 5.69 Å². The van der Waals surface area contributed by atoms with E-state index in [1.54, 1.807) is 6.07 Å². The van der Waals surface area contributed by atoms with E-state index in [9.17, 15) is 14.9 Å². The first kappa shape index (κ1) is 17.0. The largest absolute Gasteiger partial charge is 0.444 e. The Morgan fingerprint density at radius 1 is 1.52 bits per heavy atom. The van der Waals surface area contributed by atoms with Crippen molar-refractivity contribution in [3.63, 3.8) is 0 Å². The minimum atomic E-state index is -0.528. The van der Waals surface area contributed by atoms with E-state index in [0.717, 1.165) is 19.4 Å². The third-order valence-electron chi connectivity index (χ3n) is 3.50. The number of carbonyl (C=O) groups is 1. The van der Waals surface area contributed by atoms with Crippen LogP contribution in [0.15, 0.2) is 18.3 Å². The van der Waals surface area contributed by atoms with Crippen molar-refractivity contribution in [2.75, 3.05) is 18.0 Å². The average molecular weight is 322 g/mol. The maximum atomic E-state index is 11.7. The van der Waals surface area contributed by atoms with Crippen LogP contribution in [0.2, 0.25) is 0 Å². The highest BCUT2D eigenvalue weighted by Crippen LogP contribution is 2.24. The summed E-state index contributed by atoms with van der Waals surface area (Å²) in [4.78, 5) is 28.2. The molecule has 8 heteroatoms. The van der Waals surface area contributed by atoms with Gasteiger partial charge in [-0.2, -0.15) is 0 Å². The van der Waals surface area contributed by atoms with Crippen molar-refractivity contribution >= 4 is 17.6 Å². The molecule has 8 nitrogen and oxygen atoms in total. The number of anilines is 1. The van der Waals surface area contributed by atoms with Gasteiger partial charge in [-0.15, -0.1) is 0 Å². The molecule has 1 aromatic heterocycles. The van der Waals surface area contributed by atoms with Crippen LogP contribution in [0.3, 0.4) is 0 Å². The predicted octanol–water partition coefficient (Wildman–Crippen LogP) is 2.48. The standard InChI is InChI=1S/C15H22N4O4/c1-15(2,3)23-14(20)17-9-11-5-4-8-18(11)13-7-6-12(10-16-13)19(21)22/h6-7,10-11H,4-5,8-9H2,1-3H3,(H,17,20)/t11-/m1/s1. The lowest BCUT2D eigenvalue weighted by atomic mass is 10.2. The summed E-state index contributed by atoms with van der Waals surface area (Å²) in [5.74, 6) is 0.684. The molecule has 0 saturated carbocycles. The topological polar surface area (TPSA) is 97.6 Å². The van der Waals surface area contributed by atoms with Crippen molar-refractivity contribution < 1.29 is 14.5 Å². The summed E-state index contributed by atoms with van der Waals surface area (Å²) >= 11 is 0. The van der Waals surface area contributed by atoms with Crippen molar-refractivity contribution in [3.8, 4) is 0 Å². The molecule has 23 heavy (non-hydrogen) atoms. The summed E-state index contributed by atoms with van der Waals surface area (Å²) in [6.45, 7) is 6.71. The zero-order chi connectivity index (χ0) is 17.0. The second-order valence-corrected chi connectivity index (χ2v) is 6.50. The van der Waals surface area contributed by atoms with Gasteiger partial charge in [-0.3, -0.25) is 10.1 Å². The fraction of sp³-hybridized carbons (Fsp3) is 0.600. The molecule has 0 radical (unpaired) electrons. The molecule has 0 aromatic carbocycles. The molecule has 1 fully saturated rings.